The van der Waals surface area contributed by atoms with Crippen molar-refractivity contribution in [2.45, 2.75) is 11.9 Å². The topological polar surface area (TPSA) is 57.5 Å². The van der Waals surface area contributed by atoms with Gasteiger partial charge in [-0.1, -0.05) is 12.1 Å². The second-order valence-electron chi connectivity index (χ2n) is 3.05. The smallest absolute Gasteiger partial charge is 0.569 e. The molecule has 0 aliphatic heterocycles. The molecule has 0 fully saturated rings. The molecule has 4 nitrogen and oxygen atoms in total. The zero-order valence-corrected chi connectivity index (χ0v) is 9.47. The molecule has 19 heavy (non-hydrogen) atoms. The summed E-state index contributed by atoms with van der Waals surface area (Å²) in [7, 11) is -5.74. The van der Waals surface area contributed by atoms with Gasteiger partial charge in [-0.05, 0) is 12.1 Å². The van der Waals surface area contributed by atoms with E-state index in [0.29, 0.717) is 24.3 Å². The summed E-state index contributed by atoms with van der Waals surface area (Å²) in [6.07, 6.45) is -4.96. The number of halogens is 6. The molecule has 0 saturated carbocycles. The monoisotopic (exact) mass is 308 g/mol. The van der Waals surface area contributed by atoms with Crippen LogP contribution in [0.2, 0.25) is 0 Å². The predicted octanol–water partition coefficient (Wildman–Crippen LogP) is 3.44. The van der Waals surface area contributed by atoms with Crippen LogP contribution < -0.4 is 4.74 Å². The van der Waals surface area contributed by atoms with Gasteiger partial charge in [-0.2, -0.15) is 13.2 Å². The van der Waals surface area contributed by atoms with E-state index >= 15 is 0 Å². The molecule has 0 aliphatic carbocycles. The van der Waals surface area contributed by atoms with Crippen molar-refractivity contribution >= 4 is 15.7 Å². The third kappa shape index (κ3) is 4.50. The highest BCUT2D eigenvalue weighted by atomic mass is 32.2. The average molecular weight is 308 g/mol. The van der Waals surface area contributed by atoms with E-state index in [1.165, 1.54) is 0 Å². The Hall–Kier alpha value is -1.65. The lowest BCUT2D eigenvalue weighted by Gasteiger charge is -2.23. The quantitative estimate of drug-likeness (QED) is 0.804. The molecule has 0 amide bonds. The molecule has 0 heterocycles. The van der Waals surface area contributed by atoms with Crippen LogP contribution >= 0.6 is 0 Å². The van der Waals surface area contributed by atoms with E-state index in [1.54, 1.807) is 0 Å². The van der Waals surface area contributed by atoms with Gasteiger partial charge in [-0.25, -0.2) is 8.42 Å². The van der Waals surface area contributed by atoms with Gasteiger partial charge in [0.2, 0.25) is 0 Å². The number of hydrogen-bond donors (Lipinski definition) is 0. The van der Waals surface area contributed by atoms with Crippen molar-refractivity contribution in [1.82, 2.24) is 0 Å². The van der Waals surface area contributed by atoms with Crippen LogP contribution in [-0.2, 0) is 10.0 Å². The van der Waals surface area contributed by atoms with Gasteiger partial charge in [0.1, 0.15) is 5.75 Å². The van der Waals surface area contributed by atoms with E-state index in [0.717, 1.165) is 0 Å². The average Bonchev–Trinajstić information content (AvgIpc) is 2.16. The minimum Gasteiger partial charge on any atom is -0.569 e. The van der Waals surface area contributed by atoms with Crippen molar-refractivity contribution < 1.29 is 39.5 Å². The Morgan fingerprint density at radius 1 is 0.947 bits per heavy atom. The number of hydrogen-bond acceptors (Lipinski definition) is 3. The number of rotatable bonds is 3. The van der Waals surface area contributed by atoms with Crippen LogP contribution in [-0.4, -0.2) is 20.3 Å². The van der Waals surface area contributed by atoms with Crippen molar-refractivity contribution in [3.8, 4) is 5.75 Å². The maximum Gasteiger partial charge on any atom is 0.573 e. The molecule has 1 aromatic carbocycles. The SMILES string of the molecule is O=S(=O)([N-]c1ccc(OC(F)(F)F)cc1)C(F)(F)F. The fraction of sp³-hybridized carbons (Fsp3) is 0.250. The van der Waals surface area contributed by atoms with Crippen molar-refractivity contribution in [2.24, 2.45) is 0 Å². The molecule has 0 radical (unpaired) electrons. The van der Waals surface area contributed by atoms with Crippen LogP contribution in [0.4, 0.5) is 32.0 Å². The summed E-state index contributed by atoms with van der Waals surface area (Å²) >= 11 is 0. The summed E-state index contributed by atoms with van der Waals surface area (Å²) < 4.78 is 98.3. The maximum absolute atomic E-state index is 12.0. The molecule has 0 unspecified atom stereocenters. The molecule has 0 bridgehead atoms. The first-order chi connectivity index (χ1) is 8.41. The van der Waals surface area contributed by atoms with Gasteiger partial charge < -0.3 is 9.46 Å². The van der Waals surface area contributed by atoms with Gasteiger partial charge in [0.25, 0.3) is 0 Å². The second kappa shape index (κ2) is 4.79. The molecule has 0 atom stereocenters. The fourth-order valence-electron chi connectivity index (χ4n) is 0.899. The van der Waals surface area contributed by atoms with Crippen molar-refractivity contribution in [3.05, 3.63) is 29.0 Å². The first kappa shape index (κ1) is 15.4. The minimum absolute atomic E-state index is 0.637. The van der Waals surface area contributed by atoms with Crippen LogP contribution in [0.1, 0.15) is 0 Å². The Morgan fingerprint density at radius 2 is 1.42 bits per heavy atom. The molecule has 1 aromatic rings. The normalized spacial score (nSPS) is 13.2. The third-order valence-corrected chi connectivity index (χ3v) is 2.62. The summed E-state index contributed by atoms with van der Waals surface area (Å²) in [5.74, 6) is -0.712. The lowest BCUT2D eigenvalue weighted by atomic mass is 10.3. The van der Waals surface area contributed by atoms with Gasteiger partial charge in [0.15, 0.2) is 10.0 Å². The Kier molecular flexibility index (Phi) is 3.89. The van der Waals surface area contributed by atoms with Crippen LogP contribution in [0.3, 0.4) is 0 Å². The second-order valence-corrected chi connectivity index (χ2v) is 4.65. The van der Waals surface area contributed by atoms with Crippen LogP contribution in [0.15, 0.2) is 24.3 Å². The van der Waals surface area contributed by atoms with Gasteiger partial charge in [-0.3, -0.25) is 0 Å². The Balaban J connectivity index is 2.84. The summed E-state index contributed by atoms with van der Waals surface area (Å²) in [5, 5.41) is 0. The fourth-order valence-corrected chi connectivity index (χ4v) is 1.40. The molecular weight excluding hydrogens is 304 g/mol. The van der Waals surface area contributed by atoms with Crippen molar-refractivity contribution in [1.29, 1.82) is 0 Å². The molecule has 1 rings (SSSR count). The predicted molar refractivity (Wildman–Crippen MR) is 51.1 cm³/mol. The van der Waals surface area contributed by atoms with Gasteiger partial charge in [0, 0.05) is 0 Å². The first-order valence-electron chi connectivity index (χ1n) is 4.31. The molecule has 0 aliphatic rings. The molecule has 0 aromatic heterocycles. The van der Waals surface area contributed by atoms with E-state index in [1.807, 2.05) is 0 Å². The molecule has 0 spiro atoms. The number of benzene rings is 1. The number of nitrogens with zero attached hydrogens (tertiary/aromatic N) is 1. The zero-order valence-electron chi connectivity index (χ0n) is 8.66. The van der Waals surface area contributed by atoms with Crippen molar-refractivity contribution in [2.75, 3.05) is 0 Å². The highest BCUT2D eigenvalue weighted by Gasteiger charge is 2.39. The van der Waals surface area contributed by atoms with Crippen LogP contribution in [0.5, 0.6) is 5.75 Å². The lowest BCUT2D eigenvalue weighted by Crippen LogP contribution is -2.20. The third-order valence-electron chi connectivity index (χ3n) is 1.59. The molecule has 108 valence electrons. The van der Waals surface area contributed by atoms with Crippen molar-refractivity contribution in [3.63, 3.8) is 0 Å². The summed E-state index contributed by atoms with van der Waals surface area (Å²) in [6.45, 7) is 0. The molecular formula is C8H4F6NO3S-. The summed E-state index contributed by atoms with van der Waals surface area (Å²) in [4.78, 5) is 0. The lowest BCUT2D eigenvalue weighted by molar-refractivity contribution is -0.274. The Bertz CT molecular complexity index is 533. The largest absolute Gasteiger partial charge is 0.573 e. The Morgan fingerprint density at radius 3 is 1.79 bits per heavy atom. The maximum atomic E-state index is 12.0. The van der Waals surface area contributed by atoms with Crippen LogP contribution in [0, 0.1) is 0 Å². The summed E-state index contributed by atoms with van der Waals surface area (Å²) in [5.41, 5.74) is -6.25. The van der Waals surface area contributed by atoms with Gasteiger partial charge in [-0.15, -0.1) is 18.9 Å². The first-order valence-corrected chi connectivity index (χ1v) is 5.75. The number of alkyl halides is 6. The molecule has 0 saturated heterocycles. The van der Waals surface area contributed by atoms with Gasteiger partial charge in [0.05, 0.1) is 0 Å². The number of sulfonamides is 1. The summed E-state index contributed by atoms with van der Waals surface area (Å²) in [6, 6.07) is 2.56. The van der Waals surface area contributed by atoms with E-state index in [2.05, 4.69) is 9.46 Å². The van der Waals surface area contributed by atoms with E-state index < -0.39 is 33.3 Å². The zero-order chi connectivity index (χ0) is 14.9. The van der Waals surface area contributed by atoms with Gasteiger partial charge >= 0.3 is 11.9 Å². The minimum atomic E-state index is -5.74. The molecule has 0 N–H and O–H groups in total. The number of ether oxygens (including phenoxy) is 1. The highest BCUT2D eigenvalue weighted by Crippen LogP contribution is 2.35. The van der Waals surface area contributed by atoms with E-state index in [9.17, 15) is 34.8 Å². The van der Waals surface area contributed by atoms with Crippen LogP contribution in [0.25, 0.3) is 4.72 Å². The van der Waals surface area contributed by atoms with E-state index in [-0.39, 0.29) is 0 Å². The highest BCUT2D eigenvalue weighted by molar-refractivity contribution is 7.95. The van der Waals surface area contributed by atoms with E-state index in [4.69, 9.17) is 0 Å². The molecule has 11 heteroatoms. The standard InChI is InChI=1S/C8H4F6NO3S/c9-7(10,11)18-6-3-1-5(2-4-6)15-19(16,17)8(12,13)14/h1-4H/q-1. The Labute approximate surface area is 103 Å².